The highest BCUT2D eigenvalue weighted by Gasteiger charge is 2.22. The summed E-state index contributed by atoms with van der Waals surface area (Å²) in [6, 6.07) is 0. The summed E-state index contributed by atoms with van der Waals surface area (Å²) in [6.45, 7) is 0. The van der Waals surface area contributed by atoms with Gasteiger partial charge in [-0.15, -0.1) is 0 Å². The van der Waals surface area contributed by atoms with Gasteiger partial charge in [0.2, 0.25) is 0 Å². The highest BCUT2D eigenvalue weighted by Crippen LogP contribution is 2.35. The van der Waals surface area contributed by atoms with Gasteiger partial charge in [-0.3, -0.25) is 0 Å². The molecule has 0 atom stereocenters. The van der Waals surface area contributed by atoms with Crippen LogP contribution in [0.4, 0.5) is 0 Å². The molecule has 1 saturated carbocycles. The molecule has 0 N–H and O–H groups in total. The fourth-order valence-corrected chi connectivity index (χ4v) is 1.54. The second-order valence-corrected chi connectivity index (χ2v) is 4.28. The number of hydrogen-bond acceptors (Lipinski definition) is 2. The van der Waals surface area contributed by atoms with Crippen LogP contribution in [-0.2, 0) is 0 Å². The molecule has 1 aliphatic rings. The standard InChI is InChI=1S/C6H11S2/c7-6(8)4-2-1-3-5-6/h4,7-8H,1-3,5H2. The summed E-state index contributed by atoms with van der Waals surface area (Å²) in [5.74, 6) is 0. The lowest BCUT2D eigenvalue weighted by molar-refractivity contribution is 0.584. The van der Waals surface area contributed by atoms with Crippen LogP contribution in [0.1, 0.15) is 25.7 Å². The van der Waals surface area contributed by atoms with Crippen molar-refractivity contribution < 1.29 is 0 Å². The summed E-state index contributed by atoms with van der Waals surface area (Å²) in [5, 5.41) is 0. The van der Waals surface area contributed by atoms with Gasteiger partial charge in [-0.1, -0.05) is 12.8 Å². The quantitative estimate of drug-likeness (QED) is 0.381. The van der Waals surface area contributed by atoms with Gasteiger partial charge >= 0.3 is 0 Å². The maximum Gasteiger partial charge on any atom is 0.0583 e. The minimum Gasteiger partial charge on any atom is -0.162 e. The van der Waals surface area contributed by atoms with Gasteiger partial charge in [-0.2, -0.15) is 25.3 Å². The normalized spacial score (nSPS) is 27.8. The Kier molecular flexibility index (Phi) is 2.15. The van der Waals surface area contributed by atoms with Crippen molar-refractivity contribution in [3.8, 4) is 0 Å². The molecule has 0 unspecified atom stereocenters. The van der Waals surface area contributed by atoms with Gasteiger partial charge in [-0.05, 0) is 19.3 Å². The molecule has 0 aromatic rings. The Bertz CT molecular complexity index is 70.6. The summed E-state index contributed by atoms with van der Waals surface area (Å²) >= 11 is 8.65. The third kappa shape index (κ3) is 1.90. The van der Waals surface area contributed by atoms with Gasteiger partial charge in [0.05, 0.1) is 4.08 Å². The second-order valence-electron chi connectivity index (χ2n) is 2.33. The zero-order valence-electron chi connectivity index (χ0n) is 4.80. The minimum atomic E-state index is -0.0573. The molecule has 1 aliphatic carbocycles. The zero-order chi connectivity index (χ0) is 6.04. The fraction of sp³-hybridized carbons (Fsp3) is 0.833. The van der Waals surface area contributed by atoms with Crippen LogP contribution in [0.2, 0.25) is 0 Å². The van der Waals surface area contributed by atoms with Crippen molar-refractivity contribution in [3.05, 3.63) is 6.42 Å². The lowest BCUT2D eigenvalue weighted by atomic mass is 10.00. The molecule has 1 radical (unpaired) electrons. The van der Waals surface area contributed by atoms with Crippen molar-refractivity contribution in [3.63, 3.8) is 0 Å². The first-order valence-electron chi connectivity index (χ1n) is 3.00. The smallest absolute Gasteiger partial charge is 0.0583 e. The first kappa shape index (κ1) is 6.81. The molecule has 1 fully saturated rings. The SMILES string of the molecule is SC1(S)[CH]CCCC1. The molecule has 8 heavy (non-hydrogen) atoms. The lowest BCUT2D eigenvalue weighted by Gasteiger charge is -2.26. The van der Waals surface area contributed by atoms with Gasteiger partial charge in [-0.25, -0.2) is 0 Å². The van der Waals surface area contributed by atoms with E-state index in [4.69, 9.17) is 0 Å². The van der Waals surface area contributed by atoms with Crippen LogP contribution in [0.25, 0.3) is 0 Å². The Morgan fingerprint density at radius 1 is 1.25 bits per heavy atom. The molecule has 0 aromatic carbocycles. The molecular formula is C6H11S2. The molecule has 1 rings (SSSR count). The molecule has 0 bridgehead atoms. The van der Waals surface area contributed by atoms with Crippen molar-refractivity contribution in [1.29, 1.82) is 0 Å². The molecule has 0 heterocycles. The fourth-order valence-electron chi connectivity index (χ4n) is 0.965. The van der Waals surface area contributed by atoms with E-state index in [9.17, 15) is 0 Å². The second kappa shape index (κ2) is 2.53. The zero-order valence-corrected chi connectivity index (χ0v) is 6.59. The molecule has 47 valence electrons. The maximum absolute atomic E-state index is 4.33. The van der Waals surface area contributed by atoms with E-state index in [2.05, 4.69) is 31.7 Å². The van der Waals surface area contributed by atoms with Crippen LogP contribution >= 0.6 is 25.3 Å². The molecule has 0 amide bonds. The largest absolute Gasteiger partial charge is 0.162 e. The Morgan fingerprint density at radius 2 is 2.00 bits per heavy atom. The summed E-state index contributed by atoms with van der Waals surface area (Å²) in [5.41, 5.74) is 0. The van der Waals surface area contributed by atoms with Crippen LogP contribution in [0.5, 0.6) is 0 Å². The molecular weight excluding hydrogens is 136 g/mol. The number of thiol groups is 2. The topological polar surface area (TPSA) is 0 Å². The van der Waals surface area contributed by atoms with Crippen LogP contribution < -0.4 is 0 Å². The molecule has 0 spiro atoms. The van der Waals surface area contributed by atoms with Crippen LogP contribution in [-0.4, -0.2) is 4.08 Å². The Labute approximate surface area is 61.9 Å². The van der Waals surface area contributed by atoms with Crippen molar-refractivity contribution in [1.82, 2.24) is 0 Å². The van der Waals surface area contributed by atoms with Gasteiger partial charge in [0.25, 0.3) is 0 Å². The van der Waals surface area contributed by atoms with E-state index in [1.165, 1.54) is 19.3 Å². The molecule has 0 saturated heterocycles. The van der Waals surface area contributed by atoms with E-state index in [-0.39, 0.29) is 4.08 Å². The lowest BCUT2D eigenvalue weighted by Crippen LogP contribution is -2.17. The molecule has 0 aromatic heterocycles. The van der Waals surface area contributed by atoms with E-state index < -0.39 is 0 Å². The van der Waals surface area contributed by atoms with Crippen LogP contribution in [0, 0.1) is 6.42 Å². The summed E-state index contributed by atoms with van der Waals surface area (Å²) in [4.78, 5) is 0. The van der Waals surface area contributed by atoms with Crippen molar-refractivity contribution in [2.24, 2.45) is 0 Å². The van der Waals surface area contributed by atoms with E-state index in [0.717, 1.165) is 6.42 Å². The summed E-state index contributed by atoms with van der Waals surface area (Å²) < 4.78 is -0.0573. The van der Waals surface area contributed by atoms with E-state index in [1.807, 2.05) is 0 Å². The van der Waals surface area contributed by atoms with E-state index in [0.29, 0.717) is 0 Å². The van der Waals surface area contributed by atoms with Gasteiger partial charge in [0.1, 0.15) is 0 Å². The third-order valence-corrected chi connectivity index (χ3v) is 2.28. The average Bonchev–Trinajstić information content (AvgIpc) is 1.65. The summed E-state index contributed by atoms with van der Waals surface area (Å²) in [7, 11) is 0. The van der Waals surface area contributed by atoms with E-state index >= 15 is 0 Å². The van der Waals surface area contributed by atoms with Crippen molar-refractivity contribution >= 4 is 25.3 Å². The van der Waals surface area contributed by atoms with Gasteiger partial charge < -0.3 is 0 Å². The van der Waals surface area contributed by atoms with Gasteiger partial charge in [0.15, 0.2) is 0 Å². The predicted molar refractivity (Wildman–Crippen MR) is 43.5 cm³/mol. The van der Waals surface area contributed by atoms with Gasteiger partial charge in [0, 0.05) is 0 Å². The average molecular weight is 147 g/mol. The maximum atomic E-state index is 4.33. The third-order valence-electron chi connectivity index (χ3n) is 1.47. The Balaban J connectivity index is 2.33. The highest BCUT2D eigenvalue weighted by atomic mass is 32.2. The first-order valence-corrected chi connectivity index (χ1v) is 3.89. The predicted octanol–water partition coefficient (Wildman–Crippen LogP) is 2.32. The monoisotopic (exact) mass is 147 g/mol. The number of rotatable bonds is 0. The van der Waals surface area contributed by atoms with Crippen molar-refractivity contribution in [2.45, 2.75) is 29.8 Å². The van der Waals surface area contributed by atoms with Crippen molar-refractivity contribution in [2.75, 3.05) is 0 Å². The summed E-state index contributed by atoms with van der Waals surface area (Å²) in [6.07, 6.45) is 7.10. The number of hydrogen-bond donors (Lipinski definition) is 2. The molecule has 2 heteroatoms. The Morgan fingerprint density at radius 3 is 2.25 bits per heavy atom. The highest BCUT2D eigenvalue weighted by molar-refractivity contribution is 8.00. The Hall–Kier alpha value is 0.700. The van der Waals surface area contributed by atoms with Crippen LogP contribution in [0.15, 0.2) is 0 Å². The minimum absolute atomic E-state index is 0.0573. The van der Waals surface area contributed by atoms with E-state index in [1.54, 1.807) is 0 Å². The molecule has 0 aliphatic heterocycles. The first-order chi connectivity index (χ1) is 3.71. The van der Waals surface area contributed by atoms with Crippen LogP contribution in [0.3, 0.4) is 0 Å². The molecule has 0 nitrogen and oxygen atoms in total.